The molecule has 3 aliphatic heterocycles. The molecule has 6 rings (SSSR count). The topological polar surface area (TPSA) is 124 Å². The highest BCUT2D eigenvalue weighted by Gasteiger charge is 2.48. The second kappa shape index (κ2) is 13.5. The van der Waals surface area contributed by atoms with Gasteiger partial charge in [0.05, 0.1) is 19.1 Å². The van der Waals surface area contributed by atoms with Gasteiger partial charge in [0.1, 0.15) is 12.7 Å². The summed E-state index contributed by atoms with van der Waals surface area (Å²) in [5, 5.41) is 20.8. The van der Waals surface area contributed by atoms with Gasteiger partial charge in [0.25, 0.3) is 5.91 Å². The molecule has 0 saturated carbocycles. The van der Waals surface area contributed by atoms with Crippen LogP contribution in [-0.4, -0.2) is 76.8 Å². The largest absolute Gasteiger partial charge is 0.481 e. The number of fused-ring (bicyclic) bond motifs is 2. The van der Waals surface area contributed by atoms with E-state index in [0.29, 0.717) is 60.8 Å². The van der Waals surface area contributed by atoms with E-state index in [2.05, 4.69) is 6.92 Å². The molecule has 3 atom stereocenters. The number of hydrogen-bond acceptors (Lipinski definition) is 7. The number of benzene rings is 2. The molecule has 0 spiro atoms. The minimum Gasteiger partial charge on any atom is -0.481 e. The van der Waals surface area contributed by atoms with Gasteiger partial charge >= 0.3 is 5.97 Å². The molecule has 1 saturated heterocycles. The molecule has 1 fully saturated rings. The molecule has 4 heterocycles. The lowest BCUT2D eigenvalue weighted by Crippen LogP contribution is -2.46. The minimum atomic E-state index is -0.970. The molecule has 2 amide bonds. The number of unbranched alkanes of at least 4 members (excludes halogenated alkanes) is 1. The van der Waals surface area contributed by atoms with Gasteiger partial charge in [-0.1, -0.05) is 31.5 Å². The van der Waals surface area contributed by atoms with Crippen LogP contribution in [0.15, 0.2) is 60.9 Å². The number of ether oxygens (including phenoxy) is 2. The lowest BCUT2D eigenvalue weighted by Gasteiger charge is -2.30. The van der Waals surface area contributed by atoms with E-state index in [-0.39, 0.29) is 31.8 Å². The maximum absolute atomic E-state index is 14.1. The van der Waals surface area contributed by atoms with Gasteiger partial charge in [-0.25, -0.2) is 4.57 Å². The van der Waals surface area contributed by atoms with Crippen LogP contribution in [0.3, 0.4) is 0 Å². The van der Waals surface area contributed by atoms with Crippen LogP contribution in [0, 0.1) is 5.92 Å². The van der Waals surface area contributed by atoms with E-state index in [1.807, 2.05) is 65.3 Å². The highest BCUT2D eigenvalue weighted by atomic mass is 16.7. The number of carbonyl (C=O) groups is 3. The molecule has 0 radical (unpaired) electrons. The van der Waals surface area contributed by atoms with Crippen LogP contribution in [0.5, 0.6) is 11.5 Å². The highest BCUT2D eigenvalue weighted by molar-refractivity contribution is 5.98. The molecular formula is C35H41N4O7+. The van der Waals surface area contributed by atoms with Gasteiger partial charge in [0.2, 0.25) is 12.7 Å². The van der Waals surface area contributed by atoms with Crippen LogP contribution in [0.4, 0.5) is 5.69 Å². The fourth-order valence-electron chi connectivity index (χ4n) is 7.12. The number of aliphatic carboxylic acids is 1. The summed E-state index contributed by atoms with van der Waals surface area (Å²) in [7, 11) is 1.91. The number of pyridine rings is 1. The lowest BCUT2D eigenvalue weighted by molar-refractivity contribution is -0.670. The molecule has 46 heavy (non-hydrogen) atoms. The van der Waals surface area contributed by atoms with Crippen molar-refractivity contribution in [3.8, 4) is 11.5 Å². The molecule has 2 aromatic carbocycles. The first-order chi connectivity index (χ1) is 22.3. The zero-order chi connectivity index (χ0) is 32.4. The Labute approximate surface area is 268 Å². The Morgan fingerprint density at radius 1 is 1.13 bits per heavy atom. The first-order valence-electron chi connectivity index (χ1n) is 15.9. The van der Waals surface area contributed by atoms with Gasteiger partial charge in [0.15, 0.2) is 23.9 Å². The number of aliphatic hydroxyl groups excluding tert-OH is 1. The Balaban J connectivity index is 1.31. The van der Waals surface area contributed by atoms with Crippen molar-refractivity contribution in [1.82, 2.24) is 9.80 Å². The number of rotatable bonds is 12. The number of hydrogen-bond donors (Lipinski definition) is 2. The number of aromatic nitrogens is 1. The monoisotopic (exact) mass is 629 g/mol. The van der Waals surface area contributed by atoms with Gasteiger partial charge < -0.3 is 29.5 Å². The molecular weight excluding hydrogens is 588 g/mol. The minimum absolute atomic E-state index is 0.0266. The molecule has 3 aliphatic rings. The van der Waals surface area contributed by atoms with Crippen molar-refractivity contribution in [1.29, 1.82) is 0 Å². The molecule has 0 bridgehead atoms. The number of likely N-dealkylation sites (tertiary alicyclic amines) is 1. The van der Waals surface area contributed by atoms with E-state index in [1.165, 1.54) is 0 Å². The Bertz CT molecular complexity index is 1630. The van der Waals surface area contributed by atoms with E-state index in [4.69, 9.17) is 9.47 Å². The third-order valence-corrected chi connectivity index (χ3v) is 9.41. The maximum atomic E-state index is 14.1. The molecule has 3 aromatic rings. The average molecular weight is 630 g/mol. The molecule has 0 unspecified atom stereocenters. The van der Waals surface area contributed by atoms with Gasteiger partial charge in [0, 0.05) is 55.3 Å². The predicted octanol–water partition coefficient (Wildman–Crippen LogP) is 3.08. The lowest BCUT2D eigenvalue weighted by atomic mass is 9.83. The van der Waals surface area contributed by atoms with E-state index in [9.17, 15) is 24.6 Å². The quantitative estimate of drug-likeness (QED) is 0.293. The summed E-state index contributed by atoms with van der Waals surface area (Å²) < 4.78 is 13.1. The third-order valence-electron chi connectivity index (χ3n) is 9.41. The number of carboxylic acids is 1. The van der Waals surface area contributed by atoms with Crippen LogP contribution in [0.25, 0.3) is 0 Å². The van der Waals surface area contributed by atoms with Crippen LogP contribution >= 0.6 is 0 Å². The standard InChI is InChI=1S/C35H40N4O7/c1-3-4-13-39(26-9-7-12-36(2)18-26)31(41)20-38-19-28(24-15-25(21-40)33-30(16-24)45-22-46-33)32(35(43)44)29(38)11-14-37-17-23-8-5-6-10-27(23)34(37)42/h5-10,12,15-16,18,28-29,32,40H,3-4,11,13-14,17,19-22H2,1-2H3/p+1/t28-,29+,32-/m1/s1. The molecule has 11 heteroatoms. The van der Waals surface area contributed by atoms with Crippen molar-refractivity contribution >= 4 is 23.5 Å². The first-order valence-corrected chi connectivity index (χ1v) is 15.9. The number of amides is 2. The number of carbonyl (C=O) groups excluding carboxylic acids is 2. The number of anilines is 1. The Kier molecular flexibility index (Phi) is 9.23. The summed E-state index contributed by atoms with van der Waals surface area (Å²) in [5.74, 6) is -1.55. The van der Waals surface area contributed by atoms with Crippen molar-refractivity contribution in [2.45, 2.75) is 51.3 Å². The van der Waals surface area contributed by atoms with Crippen molar-refractivity contribution in [3.63, 3.8) is 0 Å². The van der Waals surface area contributed by atoms with E-state index in [1.54, 1.807) is 21.9 Å². The smallest absolute Gasteiger partial charge is 0.308 e. The average Bonchev–Trinajstić information content (AvgIpc) is 3.75. The molecule has 242 valence electrons. The fourth-order valence-corrected chi connectivity index (χ4v) is 7.12. The Hall–Kier alpha value is -4.48. The predicted molar refractivity (Wildman–Crippen MR) is 168 cm³/mol. The highest BCUT2D eigenvalue weighted by Crippen LogP contribution is 2.44. The second-order valence-electron chi connectivity index (χ2n) is 12.3. The Morgan fingerprint density at radius 2 is 1.96 bits per heavy atom. The molecule has 0 aliphatic carbocycles. The summed E-state index contributed by atoms with van der Waals surface area (Å²) in [6.07, 6.45) is 5.95. The van der Waals surface area contributed by atoms with Gasteiger partial charge in [-0.05, 0) is 48.2 Å². The maximum Gasteiger partial charge on any atom is 0.308 e. The van der Waals surface area contributed by atoms with Crippen LogP contribution in [0.1, 0.15) is 59.2 Å². The molecule has 2 N–H and O–H groups in total. The van der Waals surface area contributed by atoms with Gasteiger partial charge in [-0.15, -0.1) is 0 Å². The number of nitrogens with zero attached hydrogens (tertiary/aromatic N) is 4. The number of aryl methyl sites for hydroxylation is 1. The van der Waals surface area contributed by atoms with Crippen LogP contribution in [-0.2, 0) is 29.8 Å². The Morgan fingerprint density at radius 3 is 2.70 bits per heavy atom. The summed E-state index contributed by atoms with van der Waals surface area (Å²) in [6, 6.07) is 14.4. The van der Waals surface area contributed by atoms with E-state index in [0.717, 1.165) is 24.1 Å². The van der Waals surface area contributed by atoms with Crippen molar-refractivity contribution in [3.05, 3.63) is 83.2 Å². The SMILES string of the molecule is CCCCN(C(=O)CN1C[C@H](c2cc(CO)c3c(c2)OCO3)[C@@H](C(=O)O)[C@@H]1CCN1Cc2ccccc2C1=O)c1ccc[n+](C)c1. The fraction of sp³-hybridized carbons (Fsp3) is 0.429. The normalized spacial score (nSPS) is 20.3. The van der Waals surface area contributed by atoms with E-state index >= 15 is 0 Å². The van der Waals surface area contributed by atoms with Crippen molar-refractivity contribution < 1.29 is 38.6 Å². The number of aliphatic hydroxyl groups is 1. The summed E-state index contributed by atoms with van der Waals surface area (Å²) in [5.41, 5.74) is 3.66. The number of carboxylic acid groups (broad SMARTS) is 1. The second-order valence-corrected chi connectivity index (χ2v) is 12.3. The van der Waals surface area contributed by atoms with E-state index < -0.39 is 23.8 Å². The van der Waals surface area contributed by atoms with Gasteiger partial charge in [-0.2, -0.15) is 0 Å². The first kappa shape index (κ1) is 31.5. The van der Waals surface area contributed by atoms with Crippen molar-refractivity contribution in [2.24, 2.45) is 13.0 Å². The van der Waals surface area contributed by atoms with Crippen LogP contribution in [0.2, 0.25) is 0 Å². The zero-order valence-corrected chi connectivity index (χ0v) is 26.3. The molecule has 1 aromatic heterocycles. The third kappa shape index (κ3) is 6.17. The molecule has 11 nitrogen and oxygen atoms in total. The summed E-state index contributed by atoms with van der Waals surface area (Å²) in [6.45, 7) is 3.54. The van der Waals surface area contributed by atoms with Crippen LogP contribution < -0.4 is 18.9 Å². The van der Waals surface area contributed by atoms with Crippen molar-refractivity contribution in [2.75, 3.05) is 37.9 Å². The summed E-state index contributed by atoms with van der Waals surface area (Å²) >= 11 is 0. The van der Waals surface area contributed by atoms with Gasteiger partial charge in [-0.3, -0.25) is 19.3 Å². The summed E-state index contributed by atoms with van der Waals surface area (Å²) in [4.78, 5) is 45.9. The zero-order valence-electron chi connectivity index (χ0n) is 26.3.